The standard InChI is InChI=1S/C9H14N2O/c1-2-3-7-10-9-6-4-5-8-11(9)12/h4-6,8,12H,2-3,7H2,1H3. The van der Waals surface area contributed by atoms with Gasteiger partial charge in [0.25, 0.3) is 0 Å². The molecule has 0 bridgehead atoms. The minimum absolute atomic E-state index is 0.617. The summed E-state index contributed by atoms with van der Waals surface area (Å²) in [7, 11) is 0. The van der Waals surface area contributed by atoms with Crippen LogP contribution in [-0.4, -0.2) is 16.5 Å². The lowest BCUT2D eigenvalue weighted by Gasteiger charge is -1.96. The van der Waals surface area contributed by atoms with Gasteiger partial charge in [-0.3, -0.25) is 4.99 Å². The number of hydrogen-bond acceptors (Lipinski definition) is 2. The van der Waals surface area contributed by atoms with Crippen LogP contribution in [0.5, 0.6) is 0 Å². The minimum Gasteiger partial charge on any atom is -0.427 e. The first kappa shape index (κ1) is 8.84. The van der Waals surface area contributed by atoms with Gasteiger partial charge >= 0.3 is 0 Å². The van der Waals surface area contributed by atoms with Gasteiger partial charge in [-0.2, -0.15) is 4.73 Å². The van der Waals surface area contributed by atoms with E-state index < -0.39 is 0 Å². The van der Waals surface area contributed by atoms with Crippen LogP contribution in [-0.2, 0) is 0 Å². The van der Waals surface area contributed by atoms with Gasteiger partial charge in [-0.15, -0.1) is 0 Å². The van der Waals surface area contributed by atoms with E-state index in [-0.39, 0.29) is 0 Å². The molecule has 1 aromatic rings. The maximum atomic E-state index is 9.23. The molecule has 12 heavy (non-hydrogen) atoms. The molecule has 0 atom stereocenters. The largest absolute Gasteiger partial charge is 0.427 e. The molecule has 66 valence electrons. The molecule has 0 aliphatic heterocycles. The predicted octanol–water partition coefficient (Wildman–Crippen LogP) is 1.43. The van der Waals surface area contributed by atoms with Crippen LogP contribution in [0.2, 0.25) is 0 Å². The van der Waals surface area contributed by atoms with Gasteiger partial charge in [0.15, 0.2) is 5.49 Å². The zero-order valence-corrected chi connectivity index (χ0v) is 7.27. The van der Waals surface area contributed by atoms with Crippen molar-refractivity contribution < 1.29 is 5.21 Å². The van der Waals surface area contributed by atoms with Crippen molar-refractivity contribution in [1.29, 1.82) is 0 Å². The normalized spacial score (nSPS) is 11.9. The smallest absolute Gasteiger partial charge is 0.163 e. The molecule has 3 heteroatoms. The Morgan fingerprint density at radius 3 is 3.00 bits per heavy atom. The summed E-state index contributed by atoms with van der Waals surface area (Å²) in [5, 5.41) is 9.23. The second-order valence-electron chi connectivity index (χ2n) is 2.64. The van der Waals surface area contributed by atoms with E-state index in [1.807, 2.05) is 6.07 Å². The van der Waals surface area contributed by atoms with Crippen molar-refractivity contribution >= 4 is 0 Å². The minimum atomic E-state index is 0.617. The highest BCUT2D eigenvalue weighted by Gasteiger charge is 1.85. The zero-order chi connectivity index (χ0) is 8.81. The van der Waals surface area contributed by atoms with Crippen LogP contribution in [0, 0.1) is 0 Å². The number of pyridine rings is 1. The lowest BCUT2D eigenvalue weighted by molar-refractivity contribution is 0.171. The SMILES string of the molecule is CCCCN=c1ccccn1O. The molecule has 0 aromatic carbocycles. The monoisotopic (exact) mass is 166 g/mol. The maximum absolute atomic E-state index is 9.23. The van der Waals surface area contributed by atoms with Crippen LogP contribution >= 0.6 is 0 Å². The summed E-state index contributed by atoms with van der Waals surface area (Å²) in [4.78, 5) is 4.21. The van der Waals surface area contributed by atoms with Crippen LogP contribution in [0.4, 0.5) is 0 Å². The lowest BCUT2D eigenvalue weighted by atomic mass is 10.3. The number of nitrogens with zero attached hydrogens (tertiary/aromatic N) is 2. The maximum Gasteiger partial charge on any atom is 0.163 e. The quantitative estimate of drug-likeness (QED) is 0.535. The third kappa shape index (κ3) is 2.42. The fraction of sp³-hybridized carbons (Fsp3) is 0.444. The van der Waals surface area contributed by atoms with Crippen molar-refractivity contribution in [3.8, 4) is 0 Å². The Morgan fingerprint density at radius 2 is 2.33 bits per heavy atom. The first-order valence-corrected chi connectivity index (χ1v) is 4.22. The molecule has 1 aromatic heterocycles. The average molecular weight is 166 g/mol. The number of rotatable bonds is 3. The fourth-order valence-corrected chi connectivity index (χ4v) is 0.902. The molecule has 0 radical (unpaired) electrons. The molecule has 1 rings (SSSR count). The van der Waals surface area contributed by atoms with Gasteiger partial charge in [0.1, 0.15) is 0 Å². The molecule has 0 spiro atoms. The van der Waals surface area contributed by atoms with Crippen molar-refractivity contribution in [2.75, 3.05) is 6.54 Å². The Kier molecular flexibility index (Phi) is 3.38. The molecular formula is C9H14N2O. The van der Waals surface area contributed by atoms with Crippen molar-refractivity contribution in [2.24, 2.45) is 4.99 Å². The van der Waals surface area contributed by atoms with E-state index in [0.29, 0.717) is 5.49 Å². The summed E-state index contributed by atoms with van der Waals surface area (Å²) in [6, 6.07) is 5.41. The van der Waals surface area contributed by atoms with Gasteiger partial charge in [0.2, 0.25) is 0 Å². The van der Waals surface area contributed by atoms with Crippen LogP contribution < -0.4 is 5.49 Å². The Morgan fingerprint density at radius 1 is 1.50 bits per heavy atom. The molecule has 3 nitrogen and oxygen atoms in total. The first-order valence-electron chi connectivity index (χ1n) is 4.22. The van der Waals surface area contributed by atoms with Gasteiger partial charge in [-0.05, 0) is 18.6 Å². The van der Waals surface area contributed by atoms with Crippen molar-refractivity contribution in [3.05, 3.63) is 29.9 Å². The fourth-order valence-electron chi connectivity index (χ4n) is 0.902. The van der Waals surface area contributed by atoms with Crippen molar-refractivity contribution in [1.82, 2.24) is 4.73 Å². The van der Waals surface area contributed by atoms with Gasteiger partial charge in [0.05, 0.1) is 0 Å². The second kappa shape index (κ2) is 4.59. The van der Waals surface area contributed by atoms with E-state index in [4.69, 9.17) is 0 Å². The van der Waals surface area contributed by atoms with E-state index >= 15 is 0 Å². The molecule has 0 fully saturated rings. The zero-order valence-electron chi connectivity index (χ0n) is 7.27. The Balaban J connectivity index is 2.73. The number of aromatic nitrogens is 1. The van der Waals surface area contributed by atoms with Crippen LogP contribution in [0.3, 0.4) is 0 Å². The van der Waals surface area contributed by atoms with Crippen molar-refractivity contribution in [3.63, 3.8) is 0 Å². The molecule has 0 aliphatic rings. The van der Waals surface area contributed by atoms with Crippen LogP contribution in [0.1, 0.15) is 19.8 Å². The summed E-state index contributed by atoms with van der Waals surface area (Å²) < 4.78 is 1.04. The third-order valence-corrected chi connectivity index (χ3v) is 1.60. The van der Waals surface area contributed by atoms with E-state index in [9.17, 15) is 5.21 Å². The van der Waals surface area contributed by atoms with E-state index in [1.54, 1.807) is 18.3 Å². The number of unbranched alkanes of at least 4 members (excludes halogenated alkanes) is 1. The van der Waals surface area contributed by atoms with E-state index in [0.717, 1.165) is 24.1 Å². The third-order valence-electron chi connectivity index (χ3n) is 1.60. The summed E-state index contributed by atoms with van der Waals surface area (Å²) in [5.41, 5.74) is 0.617. The highest BCUT2D eigenvalue weighted by atomic mass is 16.5. The number of hydrogen-bond donors (Lipinski definition) is 1. The van der Waals surface area contributed by atoms with Gasteiger partial charge in [-0.25, -0.2) is 0 Å². The molecule has 0 amide bonds. The molecule has 0 saturated heterocycles. The molecule has 1 N–H and O–H groups in total. The lowest BCUT2D eigenvalue weighted by Crippen LogP contribution is -2.17. The Bertz CT molecular complexity index is 291. The summed E-state index contributed by atoms with van der Waals surface area (Å²) in [6.45, 7) is 2.90. The second-order valence-corrected chi connectivity index (χ2v) is 2.64. The summed E-state index contributed by atoms with van der Waals surface area (Å²) in [6.07, 6.45) is 3.77. The van der Waals surface area contributed by atoms with Crippen LogP contribution in [0.25, 0.3) is 0 Å². The summed E-state index contributed by atoms with van der Waals surface area (Å²) in [5.74, 6) is 0. The average Bonchev–Trinajstić information content (AvgIpc) is 2.09. The van der Waals surface area contributed by atoms with Crippen LogP contribution in [0.15, 0.2) is 29.4 Å². The molecule has 0 aliphatic carbocycles. The van der Waals surface area contributed by atoms with Gasteiger partial charge < -0.3 is 5.21 Å². The highest BCUT2D eigenvalue weighted by Crippen LogP contribution is 1.85. The van der Waals surface area contributed by atoms with Gasteiger partial charge in [-0.1, -0.05) is 19.4 Å². The van der Waals surface area contributed by atoms with Crippen molar-refractivity contribution in [2.45, 2.75) is 19.8 Å². The molecular weight excluding hydrogens is 152 g/mol. The predicted molar refractivity (Wildman–Crippen MR) is 47.0 cm³/mol. The topological polar surface area (TPSA) is 37.5 Å². The first-order chi connectivity index (χ1) is 5.84. The van der Waals surface area contributed by atoms with E-state index in [2.05, 4.69) is 11.9 Å². The molecule has 1 heterocycles. The Labute approximate surface area is 72.0 Å². The van der Waals surface area contributed by atoms with Gasteiger partial charge in [0, 0.05) is 12.7 Å². The van der Waals surface area contributed by atoms with E-state index in [1.165, 1.54) is 0 Å². The summed E-state index contributed by atoms with van der Waals surface area (Å²) >= 11 is 0. The highest BCUT2D eigenvalue weighted by molar-refractivity contribution is 4.90. The Hall–Kier alpha value is -1.25. The molecule has 0 saturated carbocycles. The molecule has 0 unspecified atom stereocenters.